The molecule has 1 amide bonds. The first-order chi connectivity index (χ1) is 9.87. The van der Waals surface area contributed by atoms with Crippen molar-refractivity contribution in [1.82, 2.24) is 10.3 Å². The van der Waals surface area contributed by atoms with Crippen molar-refractivity contribution in [2.75, 3.05) is 6.54 Å². The third-order valence-corrected chi connectivity index (χ3v) is 3.94. The lowest BCUT2D eigenvalue weighted by atomic mass is 9.69. The number of hydrogen-bond acceptors (Lipinski definition) is 5. The molecule has 1 aliphatic carbocycles. The number of aliphatic carboxylic acids is 1. The molecule has 0 bridgehead atoms. The maximum Gasteiger partial charge on any atom is 0.319 e. The fraction of sp³-hybridized carbons (Fsp3) is 0.417. The Balaban J connectivity index is 2.16. The molecular formula is C12H12ClN3O5. The van der Waals surface area contributed by atoms with Gasteiger partial charge in [-0.3, -0.25) is 19.7 Å². The molecule has 1 aliphatic rings. The molecule has 21 heavy (non-hydrogen) atoms. The van der Waals surface area contributed by atoms with Gasteiger partial charge in [-0.25, -0.2) is 4.98 Å². The number of aromatic nitrogens is 1. The van der Waals surface area contributed by atoms with Crippen molar-refractivity contribution in [2.24, 2.45) is 5.41 Å². The highest BCUT2D eigenvalue weighted by atomic mass is 35.5. The van der Waals surface area contributed by atoms with Crippen LogP contribution in [0, 0.1) is 15.5 Å². The van der Waals surface area contributed by atoms with Crippen LogP contribution in [0.2, 0.25) is 5.15 Å². The number of hydrogen-bond donors (Lipinski definition) is 2. The first-order valence-electron chi connectivity index (χ1n) is 6.18. The zero-order valence-electron chi connectivity index (χ0n) is 10.8. The Morgan fingerprint density at radius 3 is 2.67 bits per heavy atom. The molecule has 0 spiro atoms. The standard InChI is InChI=1S/C12H12ClN3O5/c13-9-8(16(20)21)7(2-5-14-9)10(17)15-6-12(11(18)19)3-1-4-12/h2,5H,1,3-4,6H2,(H,15,17)(H,18,19). The first kappa shape index (κ1) is 15.2. The van der Waals surface area contributed by atoms with Crippen LogP contribution in [0.1, 0.15) is 29.6 Å². The van der Waals surface area contributed by atoms with Gasteiger partial charge in [0, 0.05) is 12.7 Å². The van der Waals surface area contributed by atoms with Gasteiger partial charge in [-0.15, -0.1) is 0 Å². The molecule has 112 valence electrons. The van der Waals surface area contributed by atoms with Crippen LogP contribution in [-0.4, -0.2) is 33.4 Å². The van der Waals surface area contributed by atoms with Crippen molar-refractivity contribution in [3.05, 3.63) is 33.1 Å². The number of nitrogens with one attached hydrogen (secondary N) is 1. The van der Waals surface area contributed by atoms with Gasteiger partial charge in [0.15, 0.2) is 0 Å². The third kappa shape index (κ3) is 2.80. The van der Waals surface area contributed by atoms with E-state index in [4.69, 9.17) is 16.7 Å². The minimum absolute atomic E-state index is 0.0712. The van der Waals surface area contributed by atoms with Crippen LogP contribution < -0.4 is 5.32 Å². The smallest absolute Gasteiger partial charge is 0.319 e. The molecule has 1 saturated carbocycles. The molecule has 8 nitrogen and oxygen atoms in total. The largest absolute Gasteiger partial charge is 0.481 e. The second-order valence-electron chi connectivity index (χ2n) is 4.88. The number of pyridine rings is 1. The van der Waals surface area contributed by atoms with Crippen molar-refractivity contribution in [3.63, 3.8) is 0 Å². The van der Waals surface area contributed by atoms with Crippen LogP contribution in [0.5, 0.6) is 0 Å². The predicted octanol–water partition coefficient (Wildman–Crippen LogP) is 1.63. The fourth-order valence-corrected chi connectivity index (χ4v) is 2.43. The molecule has 0 unspecified atom stereocenters. The molecule has 2 rings (SSSR count). The van der Waals surface area contributed by atoms with Crippen molar-refractivity contribution < 1.29 is 19.6 Å². The lowest BCUT2D eigenvalue weighted by Gasteiger charge is -2.37. The highest BCUT2D eigenvalue weighted by Crippen LogP contribution is 2.40. The van der Waals surface area contributed by atoms with E-state index >= 15 is 0 Å². The summed E-state index contributed by atoms with van der Waals surface area (Å²) < 4.78 is 0. The second-order valence-corrected chi connectivity index (χ2v) is 5.23. The monoisotopic (exact) mass is 313 g/mol. The van der Waals surface area contributed by atoms with Gasteiger partial charge in [-0.1, -0.05) is 18.0 Å². The minimum atomic E-state index is -0.976. The topological polar surface area (TPSA) is 122 Å². The maximum absolute atomic E-state index is 12.0. The minimum Gasteiger partial charge on any atom is -0.481 e. The number of carboxylic acid groups (broad SMARTS) is 1. The van der Waals surface area contributed by atoms with Gasteiger partial charge in [-0.05, 0) is 18.9 Å². The highest BCUT2D eigenvalue weighted by molar-refractivity contribution is 6.32. The molecule has 0 aromatic carbocycles. The summed E-state index contributed by atoms with van der Waals surface area (Å²) in [6.07, 6.45) is 2.91. The zero-order chi connectivity index (χ0) is 15.6. The van der Waals surface area contributed by atoms with Gasteiger partial charge in [0.05, 0.1) is 10.3 Å². The van der Waals surface area contributed by atoms with Crippen LogP contribution >= 0.6 is 11.6 Å². The second kappa shape index (κ2) is 5.65. The Morgan fingerprint density at radius 1 is 1.52 bits per heavy atom. The number of carbonyl (C=O) groups is 2. The molecule has 0 saturated heterocycles. The van der Waals surface area contributed by atoms with Gasteiger partial charge < -0.3 is 10.4 Å². The summed E-state index contributed by atoms with van der Waals surface area (Å²) in [5, 5.41) is 22.1. The van der Waals surface area contributed by atoms with E-state index in [1.807, 2.05) is 0 Å². The van der Waals surface area contributed by atoms with E-state index in [1.54, 1.807) is 0 Å². The highest BCUT2D eigenvalue weighted by Gasteiger charge is 2.44. The zero-order valence-corrected chi connectivity index (χ0v) is 11.6. The summed E-state index contributed by atoms with van der Waals surface area (Å²) in [6, 6.07) is 1.17. The van der Waals surface area contributed by atoms with Gasteiger partial charge >= 0.3 is 11.7 Å². The third-order valence-electron chi connectivity index (χ3n) is 3.66. The van der Waals surface area contributed by atoms with Gasteiger partial charge in [0.2, 0.25) is 5.15 Å². The Bertz CT molecular complexity index is 615. The summed E-state index contributed by atoms with van der Waals surface area (Å²) in [5.74, 6) is -1.71. The Morgan fingerprint density at radius 2 is 2.19 bits per heavy atom. The van der Waals surface area contributed by atoms with Gasteiger partial charge in [-0.2, -0.15) is 0 Å². The Kier molecular flexibility index (Phi) is 4.08. The van der Waals surface area contributed by atoms with Crippen molar-refractivity contribution in [2.45, 2.75) is 19.3 Å². The van der Waals surface area contributed by atoms with Crippen LogP contribution in [0.15, 0.2) is 12.3 Å². The van der Waals surface area contributed by atoms with E-state index in [1.165, 1.54) is 12.3 Å². The van der Waals surface area contributed by atoms with Crippen LogP contribution in [-0.2, 0) is 4.79 Å². The average molecular weight is 314 g/mol. The summed E-state index contributed by atoms with van der Waals surface area (Å²) >= 11 is 5.62. The molecule has 9 heteroatoms. The lowest BCUT2D eigenvalue weighted by molar-refractivity contribution is -0.385. The summed E-state index contributed by atoms with van der Waals surface area (Å²) in [6.45, 7) is -0.0712. The summed E-state index contributed by atoms with van der Waals surface area (Å²) in [7, 11) is 0. The molecule has 2 N–H and O–H groups in total. The molecule has 0 atom stereocenters. The van der Waals surface area contributed by atoms with Gasteiger partial charge in [0.1, 0.15) is 5.56 Å². The molecule has 1 heterocycles. The van der Waals surface area contributed by atoms with E-state index in [9.17, 15) is 19.7 Å². The van der Waals surface area contributed by atoms with Crippen molar-refractivity contribution in [3.8, 4) is 0 Å². The predicted molar refractivity (Wildman–Crippen MR) is 72.2 cm³/mol. The number of rotatable bonds is 5. The molecule has 1 aromatic rings. The van der Waals surface area contributed by atoms with E-state index in [2.05, 4.69) is 10.3 Å². The quantitative estimate of drug-likeness (QED) is 0.484. The molecule has 1 fully saturated rings. The number of nitro groups is 1. The number of halogens is 1. The average Bonchev–Trinajstić information content (AvgIpc) is 2.35. The Hall–Kier alpha value is -2.22. The molecular weight excluding hydrogens is 302 g/mol. The van der Waals surface area contributed by atoms with Gasteiger partial charge in [0.25, 0.3) is 5.91 Å². The maximum atomic E-state index is 12.0. The lowest BCUT2D eigenvalue weighted by Crippen LogP contribution is -2.47. The van der Waals surface area contributed by atoms with Crippen LogP contribution in [0.3, 0.4) is 0 Å². The van der Waals surface area contributed by atoms with E-state index in [0.717, 1.165) is 6.42 Å². The van der Waals surface area contributed by atoms with Crippen LogP contribution in [0.4, 0.5) is 5.69 Å². The number of amides is 1. The molecule has 1 aromatic heterocycles. The number of carbonyl (C=O) groups excluding carboxylic acids is 1. The van der Waals surface area contributed by atoms with Crippen molar-refractivity contribution in [1.29, 1.82) is 0 Å². The Labute approximate surface area is 124 Å². The summed E-state index contributed by atoms with van der Waals surface area (Å²) in [5.41, 5.74) is -1.80. The van der Waals surface area contributed by atoms with Crippen LogP contribution in [0.25, 0.3) is 0 Å². The van der Waals surface area contributed by atoms with E-state index < -0.39 is 27.9 Å². The number of nitrogens with zero attached hydrogens (tertiary/aromatic N) is 2. The van der Waals surface area contributed by atoms with Crippen molar-refractivity contribution >= 4 is 29.2 Å². The summed E-state index contributed by atoms with van der Waals surface area (Å²) in [4.78, 5) is 36.9. The van der Waals surface area contributed by atoms with E-state index in [-0.39, 0.29) is 17.3 Å². The fourth-order valence-electron chi connectivity index (χ4n) is 2.20. The number of carboxylic acids is 1. The van der Waals surface area contributed by atoms with E-state index in [0.29, 0.717) is 12.8 Å². The molecule has 0 aliphatic heterocycles. The SMILES string of the molecule is O=C(NCC1(C(=O)O)CCC1)c1ccnc(Cl)c1[N+](=O)[O-]. The first-order valence-corrected chi connectivity index (χ1v) is 6.56. The normalized spacial score (nSPS) is 15.9. The molecule has 0 radical (unpaired) electrons.